The number of ketones is 1. The van der Waals surface area contributed by atoms with Gasteiger partial charge in [-0.2, -0.15) is 0 Å². The first kappa shape index (κ1) is 16.7. The number of hydrogen-bond acceptors (Lipinski definition) is 3. The Bertz CT molecular complexity index is 739. The molecule has 0 heterocycles. The Kier molecular flexibility index (Phi) is 5.00. The van der Waals surface area contributed by atoms with Crippen LogP contribution in [0.1, 0.15) is 39.9 Å². The van der Waals surface area contributed by atoms with Crippen LogP contribution in [-0.2, 0) is 11.2 Å². The van der Waals surface area contributed by atoms with E-state index >= 15 is 0 Å². The zero-order chi connectivity index (χ0) is 17.1. The number of hydrogen-bond donors (Lipinski definition) is 0. The average molecular weight is 324 g/mol. The van der Waals surface area contributed by atoms with Crippen LogP contribution < -0.4 is 4.74 Å². The van der Waals surface area contributed by atoms with Gasteiger partial charge in [-0.3, -0.25) is 4.79 Å². The maximum absolute atomic E-state index is 12.0. The molecule has 0 aliphatic heterocycles. The molecule has 1 aliphatic rings. The van der Waals surface area contributed by atoms with Crippen LogP contribution in [0.15, 0.2) is 30.3 Å². The maximum Gasteiger partial charge on any atom is 0.163 e. The quantitative estimate of drug-likeness (QED) is 0.733. The summed E-state index contributed by atoms with van der Waals surface area (Å²) in [5, 5.41) is 0. The van der Waals surface area contributed by atoms with E-state index in [1.165, 1.54) is 27.8 Å². The molecule has 3 nitrogen and oxygen atoms in total. The first-order chi connectivity index (χ1) is 11.6. The van der Waals surface area contributed by atoms with Gasteiger partial charge in [-0.05, 0) is 60.2 Å². The summed E-state index contributed by atoms with van der Waals surface area (Å²) in [5.74, 6) is 1.16. The SMILES string of the molecule is COCCCOc1cc(C)c(-c2cccc3c2CCC3=O)c(C)c1. The van der Waals surface area contributed by atoms with Crippen molar-refractivity contribution in [3.05, 3.63) is 52.6 Å². The maximum atomic E-state index is 12.0. The van der Waals surface area contributed by atoms with Crippen molar-refractivity contribution in [2.45, 2.75) is 33.1 Å². The van der Waals surface area contributed by atoms with Gasteiger partial charge in [0.05, 0.1) is 6.61 Å². The largest absolute Gasteiger partial charge is 0.493 e. The van der Waals surface area contributed by atoms with Crippen LogP contribution >= 0.6 is 0 Å². The Morgan fingerprint density at radius 3 is 2.42 bits per heavy atom. The highest BCUT2D eigenvalue weighted by atomic mass is 16.5. The van der Waals surface area contributed by atoms with Gasteiger partial charge in [0, 0.05) is 32.1 Å². The van der Waals surface area contributed by atoms with Crippen LogP contribution in [0.4, 0.5) is 0 Å². The number of aryl methyl sites for hydroxylation is 2. The molecule has 2 aromatic carbocycles. The van der Waals surface area contributed by atoms with Crippen molar-refractivity contribution >= 4 is 5.78 Å². The third-order valence-corrected chi connectivity index (χ3v) is 4.62. The van der Waals surface area contributed by atoms with Gasteiger partial charge in [0.25, 0.3) is 0 Å². The number of rotatable bonds is 6. The van der Waals surface area contributed by atoms with E-state index in [0.717, 1.165) is 24.2 Å². The summed E-state index contributed by atoms with van der Waals surface area (Å²) < 4.78 is 10.9. The van der Waals surface area contributed by atoms with Crippen LogP contribution in [0, 0.1) is 13.8 Å². The molecule has 24 heavy (non-hydrogen) atoms. The predicted octanol–water partition coefficient (Wildman–Crippen LogP) is 4.51. The molecule has 3 heteroatoms. The molecule has 0 bridgehead atoms. The summed E-state index contributed by atoms with van der Waals surface area (Å²) in [6, 6.07) is 10.3. The first-order valence-electron chi connectivity index (χ1n) is 8.50. The number of fused-ring (bicyclic) bond motifs is 1. The zero-order valence-corrected chi connectivity index (χ0v) is 14.6. The van der Waals surface area contributed by atoms with Crippen LogP contribution in [0.2, 0.25) is 0 Å². The van der Waals surface area contributed by atoms with E-state index in [9.17, 15) is 4.79 Å². The fourth-order valence-corrected chi connectivity index (χ4v) is 3.55. The number of carbonyl (C=O) groups excluding carboxylic acids is 1. The molecular weight excluding hydrogens is 300 g/mol. The molecule has 0 saturated carbocycles. The molecule has 126 valence electrons. The Hall–Kier alpha value is -2.13. The molecule has 0 N–H and O–H groups in total. The van der Waals surface area contributed by atoms with Crippen molar-refractivity contribution in [3.8, 4) is 16.9 Å². The number of carbonyl (C=O) groups is 1. The molecule has 2 aromatic rings. The molecule has 0 radical (unpaired) electrons. The lowest BCUT2D eigenvalue weighted by Gasteiger charge is -2.16. The number of methoxy groups -OCH3 is 1. The van der Waals surface area contributed by atoms with E-state index in [1.807, 2.05) is 12.1 Å². The van der Waals surface area contributed by atoms with Gasteiger partial charge in [0.15, 0.2) is 5.78 Å². The monoisotopic (exact) mass is 324 g/mol. The molecule has 0 unspecified atom stereocenters. The topological polar surface area (TPSA) is 35.5 Å². The van der Waals surface area contributed by atoms with Gasteiger partial charge in [0.2, 0.25) is 0 Å². The van der Waals surface area contributed by atoms with Crippen molar-refractivity contribution < 1.29 is 14.3 Å². The molecule has 0 amide bonds. The van der Waals surface area contributed by atoms with E-state index in [-0.39, 0.29) is 5.78 Å². The molecule has 0 saturated heterocycles. The summed E-state index contributed by atoms with van der Waals surface area (Å²) in [6.07, 6.45) is 2.36. The van der Waals surface area contributed by atoms with Crippen molar-refractivity contribution in [3.63, 3.8) is 0 Å². The molecule has 0 atom stereocenters. The van der Waals surface area contributed by atoms with Crippen molar-refractivity contribution in [1.82, 2.24) is 0 Å². The minimum Gasteiger partial charge on any atom is -0.493 e. The highest BCUT2D eigenvalue weighted by Crippen LogP contribution is 2.37. The fraction of sp³-hybridized carbons (Fsp3) is 0.381. The van der Waals surface area contributed by atoms with Crippen molar-refractivity contribution in [2.24, 2.45) is 0 Å². The normalized spacial score (nSPS) is 13.2. The lowest BCUT2D eigenvalue weighted by Crippen LogP contribution is -2.02. The van der Waals surface area contributed by atoms with Crippen LogP contribution in [0.5, 0.6) is 5.75 Å². The summed E-state index contributed by atoms with van der Waals surface area (Å²) in [7, 11) is 1.70. The van der Waals surface area contributed by atoms with Crippen molar-refractivity contribution in [2.75, 3.05) is 20.3 Å². The highest BCUT2D eigenvalue weighted by Gasteiger charge is 2.23. The van der Waals surface area contributed by atoms with Gasteiger partial charge >= 0.3 is 0 Å². The van der Waals surface area contributed by atoms with Crippen LogP contribution in [-0.4, -0.2) is 26.1 Å². The van der Waals surface area contributed by atoms with Crippen LogP contribution in [0.25, 0.3) is 11.1 Å². The number of Topliss-reactive ketones (excluding diaryl/α,β-unsaturated/α-hetero) is 1. The summed E-state index contributed by atoms with van der Waals surface area (Å²) in [5.41, 5.74) is 6.88. The van der Waals surface area contributed by atoms with Gasteiger partial charge in [-0.25, -0.2) is 0 Å². The van der Waals surface area contributed by atoms with Gasteiger partial charge < -0.3 is 9.47 Å². The number of benzene rings is 2. The fourth-order valence-electron chi connectivity index (χ4n) is 3.55. The minimum absolute atomic E-state index is 0.264. The Morgan fingerprint density at radius 2 is 1.71 bits per heavy atom. The second-order valence-electron chi connectivity index (χ2n) is 6.38. The molecular formula is C21H24O3. The van der Waals surface area contributed by atoms with Gasteiger partial charge in [-0.1, -0.05) is 18.2 Å². The Labute approximate surface area is 143 Å². The molecule has 0 spiro atoms. The Morgan fingerprint density at radius 1 is 1.00 bits per heavy atom. The van der Waals surface area contributed by atoms with E-state index in [2.05, 4.69) is 32.0 Å². The standard InChI is InChI=1S/C21H24O3/c1-14-12-16(24-11-5-10-23-3)13-15(2)21(14)19-7-4-6-18-17(19)8-9-20(18)22/h4,6-7,12-13H,5,8-11H2,1-3H3. The Balaban J connectivity index is 1.92. The van der Waals surface area contributed by atoms with E-state index in [1.54, 1.807) is 7.11 Å². The van der Waals surface area contributed by atoms with Gasteiger partial charge in [0.1, 0.15) is 5.75 Å². The smallest absolute Gasteiger partial charge is 0.163 e. The summed E-state index contributed by atoms with van der Waals surface area (Å²) in [4.78, 5) is 12.0. The second kappa shape index (κ2) is 7.18. The minimum atomic E-state index is 0.264. The molecule has 0 fully saturated rings. The van der Waals surface area contributed by atoms with E-state index in [4.69, 9.17) is 9.47 Å². The molecule has 0 aromatic heterocycles. The highest BCUT2D eigenvalue weighted by molar-refractivity contribution is 6.02. The summed E-state index contributed by atoms with van der Waals surface area (Å²) >= 11 is 0. The van der Waals surface area contributed by atoms with Gasteiger partial charge in [-0.15, -0.1) is 0 Å². The first-order valence-corrected chi connectivity index (χ1v) is 8.50. The summed E-state index contributed by atoms with van der Waals surface area (Å²) in [6.45, 7) is 5.59. The molecule has 1 aliphatic carbocycles. The van der Waals surface area contributed by atoms with Crippen molar-refractivity contribution in [1.29, 1.82) is 0 Å². The van der Waals surface area contributed by atoms with Crippen LogP contribution in [0.3, 0.4) is 0 Å². The molecule has 3 rings (SSSR count). The average Bonchev–Trinajstić information content (AvgIpc) is 2.93. The third-order valence-electron chi connectivity index (χ3n) is 4.62. The second-order valence-corrected chi connectivity index (χ2v) is 6.38. The third kappa shape index (κ3) is 3.22. The van der Waals surface area contributed by atoms with E-state index in [0.29, 0.717) is 19.6 Å². The lowest BCUT2D eigenvalue weighted by molar-refractivity contribution is 0.0994. The predicted molar refractivity (Wildman–Crippen MR) is 96.0 cm³/mol. The van der Waals surface area contributed by atoms with E-state index < -0.39 is 0 Å². The number of ether oxygens (including phenoxy) is 2. The zero-order valence-electron chi connectivity index (χ0n) is 14.6. The lowest BCUT2D eigenvalue weighted by atomic mass is 9.90.